The minimum absolute atomic E-state index is 0.400. The van der Waals surface area contributed by atoms with Crippen molar-refractivity contribution in [3.05, 3.63) is 64.7 Å². The van der Waals surface area contributed by atoms with E-state index in [1.54, 1.807) is 12.1 Å². The molecule has 2 aromatic carbocycles. The van der Waals surface area contributed by atoms with Crippen molar-refractivity contribution in [1.29, 1.82) is 0 Å². The average molecular weight is 265 g/mol. The Bertz CT molecular complexity index is 588. The topological polar surface area (TPSA) is 26.0 Å². The van der Waals surface area contributed by atoms with Crippen molar-refractivity contribution in [1.82, 2.24) is 0 Å². The van der Waals surface area contributed by atoms with Crippen molar-refractivity contribution in [2.75, 3.05) is 5.73 Å². The van der Waals surface area contributed by atoms with Gasteiger partial charge in [0.05, 0.1) is 5.56 Å². The van der Waals surface area contributed by atoms with Crippen molar-refractivity contribution in [2.24, 2.45) is 0 Å². The molecule has 0 aliphatic carbocycles. The summed E-state index contributed by atoms with van der Waals surface area (Å²) < 4.78 is 37.9. The molecule has 0 aliphatic heterocycles. The highest BCUT2D eigenvalue weighted by atomic mass is 19.4. The lowest BCUT2D eigenvalue weighted by Gasteiger charge is -2.10. The van der Waals surface area contributed by atoms with Crippen molar-refractivity contribution >= 4 is 5.69 Å². The molecule has 0 unspecified atom stereocenters. The number of alkyl halides is 3. The molecule has 19 heavy (non-hydrogen) atoms. The predicted octanol–water partition coefficient (Wildman–Crippen LogP) is 4.19. The monoisotopic (exact) mass is 265 g/mol. The summed E-state index contributed by atoms with van der Waals surface area (Å²) in [6, 6.07) is 10.9. The zero-order chi connectivity index (χ0) is 14.0. The molecule has 0 saturated heterocycles. The maximum absolute atomic E-state index is 12.6. The van der Waals surface area contributed by atoms with Crippen LogP contribution in [-0.4, -0.2) is 0 Å². The van der Waals surface area contributed by atoms with E-state index in [1.807, 2.05) is 19.1 Å². The SMILES string of the molecule is Cc1ccc(N)c(Cc2cccc(C(F)(F)F)c2)c1. The molecule has 0 radical (unpaired) electrons. The lowest BCUT2D eigenvalue weighted by atomic mass is 10.00. The summed E-state index contributed by atoms with van der Waals surface area (Å²) in [7, 11) is 0. The van der Waals surface area contributed by atoms with Gasteiger partial charge in [0.1, 0.15) is 0 Å². The number of hydrogen-bond acceptors (Lipinski definition) is 1. The molecule has 2 aromatic rings. The van der Waals surface area contributed by atoms with E-state index in [1.165, 1.54) is 12.1 Å². The standard InChI is InChI=1S/C15H14F3N/c1-10-5-6-14(19)12(7-10)8-11-3-2-4-13(9-11)15(16,17)18/h2-7,9H,8,19H2,1H3. The van der Waals surface area contributed by atoms with Crippen molar-refractivity contribution in [2.45, 2.75) is 19.5 Å². The largest absolute Gasteiger partial charge is 0.416 e. The number of anilines is 1. The van der Waals surface area contributed by atoms with Crippen molar-refractivity contribution in [3.8, 4) is 0 Å². The van der Waals surface area contributed by atoms with Crippen LogP contribution in [0.1, 0.15) is 22.3 Å². The third-order valence-corrected chi connectivity index (χ3v) is 2.95. The van der Waals surface area contributed by atoms with Gasteiger partial charge in [-0.3, -0.25) is 0 Å². The lowest BCUT2D eigenvalue weighted by molar-refractivity contribution is -0.137. The Labute approximate surface area is 109 Å². The highest BCUT2D eigenvalue weighted by Gasteiger charge is 2.30. The lowest BCUT2D eigenvalue weighted by Crippen LogP contribution is -2.05. The van der Waals surface area contributed by atoms with E-state index in [4.69, 9.17) is 5.73 Å². The number of rotatable bonds is 2. The number of nitrogens with two attached hydrogens (primary N) is 1. The van der Waals surface area contributed by atoms with Gasteiger partial charge in [0, 0.05) is 5.69 Å². The first kappa shape index (κ1) is 13.5. The van der Waals surface area contributed by atoms with Gasteiger partial charge in [0.2, 0.25) is 0 Å². The number of hydrogen-bond donors (Lipinski definition) is 1. The maximum Gasteiger partial charge on any atom is 0.416 e. The Balaban J connectivity index is 2.31. The number of benzene rings is 2. The summed E-state index contributed by atoms with van der Waals surface area (Å²) in [6.07, 6.45) is -3.91. The van der Waals surface area contributed by atoms with E-state index >= 15 is 0 Å². The second-order valence-corrected chi connectivity index (χ2v) is 4.58. The highest BCUT2D eigenvalue weighted by molar-refractivity contribution is 5.50. The van der Waals surface area contributed by atoms with Gasteiger partial charge in [-0.1, -0.05) is 35.9 Å². The quantitative estimate of drug-likeness (QED) is 0.810. The number of halogens is 3. The summed E-state index contributed by atoms with van der Waals surface area (Å²) in [5, 5.41) is 0. The van der Waals surface area contributed by atoms with Crippen molar-refractivity contribution < 1.29 is 13.2 Å². The molecule has 0 atom stereocenters. The fraction of sp³-hybridized carbons (Fsp3) is 0.200. The Morgan fingerprint density at radius 3 is 2.47 bits per heavy atom. The van der Waals surface area contributed by atoms with Gasteiger partial charge in [-0.25, -0.2) is 0 Å². The predicted molar refractivity (Wildman–Crippen MR) is 69.8 cm³/mol. The van der Waals surface area contributed by atoms with Crippen LogP contribution in [0.4, 0.5) is 18.9 Å². The first-order valence-corrected chi connectivity index (χ1v) is 5.87. The molecule has 0 spiro atoms. The maximum atomic E-state index is 12.6. The molecule has 2 rings (SSSR count). The molecule has 2 N–H and O–H groups in total. The van der Waals surface area contributed by atoms with Crippen LogP contribution in [-0.2, 0) is 12.6 Å². The molecule has 0 amide bonds. The van der Waals surface area contributed by atoms with Crippen LogP contribution < -0.4 is 5.73 Å². The van der Waals surface area contributed by atoms with Crippen LogP contribution in [0.2, 0.25) is 0 Å². The third kappa shape index (κ3) is 3.28. The van der Waals surface area contributed by atoms with Gasteiger partial charge in [0.15, 0.2) is 0 Å². The number of aryl methyl sites for hydroxylation is 1. The normalized spacial score (nSPS) is 11.6. The first-order valence-electron chi connectivity index (χ1n) is 5.87. The minimum Gasteiger partial charge on any atom is -0.398 e. The van der Waals surface area contributed by atoms with Gasteiger partial charge < -0.3 is 5.73 Å². The molecule has 0 heterocycles. The van der Waals surface area contributed by atoms with Crippen LogP contribution in [0, 0.1) is 6.92 Å². The fourth-order valence-electron chi connectivity index (χ4n) is 1.97. The molecule has 0 saturated carbocycles. The summed E-state index contributed by atoms with van der Waals surface area (Å²) >= 11 is 0. The van der Waals surface area contributed by atoms with Crippen LogP contribution >= 0.6 is 0 Å². The van der Waals surface area contributed by atoms with Gasteiger partial charge in [-0.15, -0.1) is 0 Å². The molecule has 0 bridgehead atoms. The first-order chi connectivity index (χ1) is 8.86. The van der Waals surface area contributed by atoms with E-state index in [9.17, 15) is 13.2 Å². The zero-order valence-electron chi connectivity index (χ0n) is 10.5. The van der Waals surface area contributed by atoms with E-state index < -0.39 is 11.7 Å². The second kappa shape index (κ2) is 4.96. The Morgan fingerprint density at radius 2 is 1.79 bits per heavy atom. The number of nitrogen functional groups attached to an aromatic ring is 1. The van der Waals surface area contributed by atoms with E-state index in [2.05, 4.69) is 0 Å². The molecule has 0 aliphatic rings. The second-order valence-electron chi connectivity index (χ2n) is 4.58. The molecule has 0 fully saturated rings. The van der Waals surface area contributed by atoms with E-state index in [-0.39, 0.29) is 0 Å². The summed E-state index contributed by atoms with van der Waals surface area (Å²) in [5.74, 6) is 0. The fourth-order valence-corrected chi connectivity index (χ4v) is 1.97. The van der Waals surface area contributed by atoms with Gasteiger partial charge >= 0.3 is 6.18 Å². The minimum atomic E-state index is -4.31. The van der Waals surface area contributed by atoms with Crippen LogP contribution in [0.15, 0.2) is 42.5 Å². The third-order valence-electron chi connectivity index (χ3n) is 2.95. The Kier molecular flexibility index (Phi) is 3.51. The average Bonchev–Trinajstić information content (AvgIpc) is 2.33. The smallest absolute Gasteiger partial charge is 0.398 e. The molecule has 1 nitrogen and oxygen atoms in total. The van der Waals surface area contributed by atoms with E-state index in [0.29, 0.717) is 17.7 Å². The van der Waals surface area contributed by atoms with Crippen molar-refractivity contribution in [3.63, 3.8) is 0 Å². The molecule has 0 aromatic heterocycles. The molecule has 100 valence electrons. The van der Waals surface area contributed by atoms with Gasteiger partial charge in [-0.05, 0) is 36.6 Å². The molecule has 4 heteroatoms. The Morgan fingerprint density at radius 1 is 1.05 bits per heavy atom. The molecular formula is C15H14F3N. The summed E-state index contributed by atoms with van der Waals surface area (Å²) in [4.78, 5) is 0. The van der Waals surface area contributed by atoms with E-state index in [0.717, 1.165) is 17.2 Å². The summed E-state index contributed by atoms with van der Waals surface area (Å²) in [6.45, 7) is 1.93. The van der Waals surface area contributed by atoms with Crippen LogP contribution in [0.5, 0.6) is 0 Å². The van der Waals surface area contributed by atoms with Crippen LogP contribution in [0.25, 0.3) is 0 Å². The van der Waals surface area contributed by atoms with Gasteiger partial charge in [0.25, 0.3) is 0 Å². The summed E-state index contributed by atoms with van der Waals surface area (Å²) in [5.41, 5.74) is 8.30. The molecular weight excluding hydrogens is 251 g/mol. The Hall–Kier alpha value is -1.97. The highest BCUT2D eigenvalue weighted by Crippen LogP contribution is 2.30. The van der Waals surface area contributed by atoms with Gasteiger partial charge in [-0.2, -0.15) is 13.2 Å². The van der Waals surface area contributed by atoms with Crippen LogP contribution in [0.3, 0.4) is 0 Å². The zero-order valence-corrected chi connectivity index (χ0v) is 10.5.